The first-order valence-electron chi connectivity index (χ1n) is 9.79. The zero-order valence-electron chi connectivity index (χ0n) is 16.6. The molecule has 0 spiro atoms. The molecule has 3 rings (SSSR count). The third-order valence-electron chi connectivity index (χ3n) is 5.38. The maximum Gasteiger partial charge on any atom is 0.184 e. The van der Waals surface area contributed by atoms with Crippen molar-refractivity contribution in [2.75, 3.05) is 20.3 Å². The zero-order chi connectivity index (χ0) is 19.8. The molecule has 0 aliphatic carbocycles. The summed E-state index contributed by atoms with van der Waals surface area (Å²) in [6, 6.07) is 20.0. The molecule has 2 unspecified atom stereocenters. The van der Waals surface area contributed by atoms with Crippen LogP contribution in [0.3, 0.4) is 0 Å². The van der Waals surface area contributed by atoms with Gasteiger partial charge in [0.05, 0.1) is 25.9 Å². The van der Waals surface area contributed by atoms with Gasteiger partial charge in [0.1, 0.15) is 6.10 Å². The smallest absolute Gasteiger partial charge is 0.184 e. The van der Waals surface area contributed by atoms with Gasteiger partial charge in [-0.3, -0.25) is 0 Å². The van der Waals surface area contributed by atoms with Crippen molar-refractivity contribution in [3.8, 4) is 0 Å². The molecular formula is C23H30O5. The lowest BCUT2D eigenvalue weighted by molar-refractivity contribution is -0.287. The molecule has 0 bridgehead atoms. The van der Waals surface area contributed by atoms with Gasteiger partial charge in [-0.1, -0.05) is 67.6 Å². The minimum atomic E-state index is -0.539. The van der Waals surface area contributed by atoms with E-state index in [4.69, 9.17) is 18.9 Å². The third kappa shape index (κ3) is 5.40. The first-order valence-corrected chi connectivity index (χ1v) is 9.79. The minimum Gasteiger partial charge on any atom is -0.396 e. The van der Waals surface area contributed by atoms with Crippen molar-refractivity contribution in [3.05, 3.63) is 71.8 Å². The first-order chi connectivity index (χ1) is 13.7. The van der Waals surface area contributed by atoms with Gasteiger partial charge in [0.2, 0.25) is 0 Å². The Morgan fingerprint density at radius 1 is 0.929 bits per heavy atom. The predicted molar refractivity (Wildman–Crippen MR) is 107 cm³/mol. The van der Waals surface area contributed by atoms with E-state index in [9.17, 15) is 5.11 Å². The number of aliphatic hydroxyl groups excluding tert-OH is 1. The number of benzene rings is 2. The van der Waals surface area contributed by atoms with Crippen molar-refractivity contribution in [2.45, 2.75) is 38.6 Å². The van der Waals surface area contributed by atoms with E-state index in [-0.39, 0.29) is 30.7 Å². The van der Waals surface area contributed by atoms with Crippen LogP contribution in [-0.2, 0) is 32.2 Å². The topological polar surface area (TPSA) is 57.2 Å². The molecule has 1 N–H and O–H groups in total. The Morgan fingerprint density at radius 3 is 2.11 bits per heavy atom. The number of hydrogen-bond donors (Lipinski definition) is 1. The number of rotatable bonds is 9. The Labute approximate surface area is 167 Å². The molecule has 5 atom stereocenters. The lowest BCUT2D eigenvalue weighted by atomic mass is 9.82. The van der Waals surface area contributed by atoms with Gasteiger partial charge < -0.3 is 24.1 Å². The van der Waals surface area contributed by atoms with E-state index in [2.05, 4.69) is 6.92 Å². The monoisotopic (exact) mass is 386 g/mol. The summed E-state index contributed by atoms with van der Waals surface area (Å²) in [6.07, 6.45) is -1.04. The number of aliphatic hydroxyl groups is 1. The molecule has 2 aromatic rings. The van der Waals surface area contributed by atoms with E-state index in [1.54, 1.807) is 7.11 Å². The van der Waals surface area contributed by atoms with Crippen molar-refractivity contribution in [3.63, 3.8) is 0 Å². The van der Waals surface area contributed by atoms with Crippen LogP contribution in [0.2, 0.25) is 0 Å². The lowest BCUT2D eigenvalue weighted by Crippen LogP contribution is -2.54. The van der Waals surface area contributed by atoms with Gasteiger partial charge >= 0.3 is 0 Å². The number of ether oxygens (including phenoxy) is 4. The largest absolute Gasteiger partial charge is 0.396 e. The average Bonchev–Trinajstić information content (AvgIpc) is 2.75. The molecule has 1 heterocycles. The Balaban J connectivity index is 1.58. The molecule has 5 heteroatoms. The second kappa shape index (κ2) is 10.7. The van der Waals surface area contributed by atoms with E-state index in [0.717, 1.165) is 11.1 Å². The molecule has 2 aromatic carbocycles. The summed E-state index contributed by atoms with van der Waals surface area (Å²) < 4.78 is 23.7. The van der Waals surface area contributed by atoms with Crippen LogP contribution < -0.4 is 0 Å². The van der Waals surface area contributed by atoms with Crippen LogP contribution in [0.25, 0.3) is 0 Å². The quantitative estimate of drug-likeness (QED) is 0.716. The highest BCUT2D eigenvalue weighted by Crippen LogP contribution is 2.34. The fourth-order valence-electron chi connectivity index (χ4n) is 3.64. The van der Waals surface area contributed by atoms with Gasteiger partial charge in [0, 0.05) is 19.6 Å². The Bertz CT molecular complexity index is 678. The summed E-state index contributed by atoms with van der Waals surface area (Å²) in [6.45, 7) is 3.51. The molecule has 152 valence electrons. The molecular weight excluding hydrogens is 356 g/mol. The molecule has 0 amide bonds. The SMILES string of the molecule is CO[C@@H]1OC(COCc2ccccc2)[C@H](C)[C@H](CO)C1OCc1ccccc1. The molecule has 5 nitrogen and oxygen atoms in total. The van der Waals surface area contributed by atoms with Crippen molar-refractivity contribution in [1.29, 1.82) is 0 Å². The number of hydrogen-bond acceptors (Lipinski definition) is 5. The molecule has 0 saturated carbocycles. The first kappa shape index (κ1) is 21.0. The van der Waals surface area contributed by atoms with Gasteiger partial charge in [0.25, 0.3) is 0 Å². The fourth-order valence-corrected chi connectivity index (χ4v) is 3.64. The maximum absolute atomic E-state index is 10.0. The lowest BCUT2D eigenvalue weighted by Gasteiger charge is -2.44. The summed E-state index contributed by atoms with van der Waals surface area (Å²) in [5, 5.41) is 10.0. The molecule has 0 radical (unpaired) electrons. The summed E-state index contributed by atoms with van der Waals surface area (Å²) in [7, 11) is 1.61. The summed E-state index contributed by atoms with van der Waals surface area (Å²) in [5.41, 5.74) is 2.20. The number of methoxy groups -OCH3 is 1. The van der Waals surface area contributed by atoms with Crippen molar-refractivity contribution < 1.29 is 24.1 Å². The molecule has 0 aromatic heterocycles. The highest BCUT2D eigenvalue weighted by Gasteiger charge is 2.44. The Kier molecular flexibility index (Phi) is 8.01. The maximum atomic E-state index is 10.0. The summed E-state index contributed by atoms with van der Waals surface area (Å²) in [5.74, 6) is -0.0133. The fraction of sp³-hybridized carbons (Fsp3) is 0.478. The second-order valence-corrected chi connectivity index (χ2v) is 7.25. The van der Waals surface area contributed by atoms with Crippen LogP contribution in [-0.4, -0.2) is 43.9 Å². The van der Waals surface area contributed by atoms with E-state index < -0.39 is 6.29 Å². The molecule has 1 aliphatic heterocycles. The van der Waals surface area contributed by atoms with Gasteiger partial charge in [-0.25, -0.2) is 0 Å². The van der Waals surface area contributed by atoms with E-state index in [0.29, 0.717) is 19.8 Å². The van der Waals surface area contributed by atoms with E-state index in [1.165, 1.54) is 0 Å². The molecule has 1 aliphatic rings. The van der Waals surface area contributed by atoms with Crippen LogP contribution in [0.4, 0.5) is 0 Å². The van der Waals surface area contributed by atoms with Crippen LogP contribution >= 0.6 is 0 Å². The molecule has 28 heavy (non-hydrogen) atoms. The van der Waals surface area contributed by atoms with E-state index in [1.807, 2.05) is 60.7 Å². The van der Waals surface area contributed by atoms with Crippen molar-refractivity contribution in [2.24, 2.45) is 11.8 Å². The second-order valence-electron chi connectivity index (χ2n) is 7.25. The normalized spacial score (nSPS) is 27.6. The van der Waals surface area contributed by atoms with Crippen molar-refractivity contribution >= 4 is 0 Å². The Morgan fingerprint density at radius 2 is 1.54 bits per heavy atom. The average molecular weight is 386 g/mol. The highest BCUT2D eigenvalue weighted by molar-refractivity contribution is 5.14. The highest BCUT2D eigenvalue weighted by atomic mass is 16.7. The van der Waals surface area contributed by atoms with Crippen LogP contribution in [0.1, 0.15) is 18.1 Å². The predicted octanol–water partition coefficient (Wildman–Crippen LogP) is 3.40. The van der Waals surface area contributed by atoms with Gasteiger partial charge in [-0.15, -0.1) is 0 Å². The van der Waals surface area contributed by atoms with Crippen LogP contribution in [0.15, 0.2) is 60.7 Å². The minimum absolute atomic E-state index is 0.0129. The van der Waals surface area contributed by atoms with Gasteiger partial charge in [-0.2, -0.15) is 0 Å². The van der Waals surface area contributed by atoms with E-state index >= 15 is 0 Å². The van der Waals surface area contributed by atoms with Crippen LogP contribution in [0.5, 0.6) is 0 Å². The van der Waals surface area contributed by atoms with Crippen molar-refractivity contribution in [1.82, 2.24) is 0 Å². The third-order valence-corrected chi connectivity index (χ3v) is 5.38. The molecule has 1 saturated heterocycles. The summed E-state index contributed by atoms with van der Waals surface area (Å²) in [4.78, 5) is 0. The van der Waals surface area contributed by atoms with Gasteiger partial charge in [0.15, 0.2) is 6.29 Å². The zero-order valence-corrected chi connectivity index (χ0v) is 16.6. The van der Waals surface area contributed by atoms with Gasteiger partial charge in [-0.05, 0) is 17.0 Å². The van der Waals surface area contributed by atoms with Crippen LogP contribution in [0, 0.1) is 11.8 Å². The molecule has 1 fully saturated rings. The summed E-state index contributed by atoms with van der Waals surface area (Å²) >= 11 is 0. The standard InChI is InChI=1S/C23H30O5/c1-17-20(13-24)22(27-15-19-11-7-4-8-12-19)23(25-2)28-21(17)16-26-14-18-9-5-3-6-10-18/h3-12,17,20-24H,13-16H2,1-2H3/t17-,20+,21?,22?,23-/m1/s1. The Hall–Kier alpha value is -1.76.